The SMILES string of the molecule is CCN(CC)c1nc(Cl)nc(Oc2cccc(F)c2)n1. The van der Waals surface area contributed by atoms with Gasteiger partial charge in [0.1, 0.15) is 11.6 Å². The summed E-state index contributed by atoms with van der Waals surface area (Å²) in [5.74, 6) is 0.339. The molecular weight excluding hydrogens is 283 g/mol. The predicted octanol–water partition coefficient (Wildman–Crippen LogP) is 3.30. The summed E-state index contributed by atoms with van der Waals surface area (Å²) in [6.07, 6.45) is 0. The molecule has 2 rings (SSSR count). The van der Waals surface area contributed by atoms with Gasteiger partial charge >= 0.3 is 6.01 Å². The van der Waals surface area contributed by atoms with Gasteiger partial charge in [0, 0.05) is 19.2 Å². The summed E-state index contributed by atoms with van der Waals surface area (Å²) in [4.78, 5) is 14.0. The zero-order valence-corrected chi connectivity index (χ0v) is 11.9. The Labute approximate surface area is 121 Å². The molecule has 0 aliphatic carbocycles. The highest BCUT2D eigenvalue weighted by atomic mass is 35.5. The van der Waals surface area contributed by atoms with E-state index in [2.05, 4.69) is 15.0 Å². The second-order valence-electron chi connectivity index (χ2n) is 3.92. The Bertz CT molecular complexity index is 592. The van der Waals surface area contributed by atoms with Crippen molar-refractivity contribution in [1.82, 2.24) is 15.0 Å². The molecule has 0 saturated heterocycles. The molecule has 106 valence electrons. The number of rotatable bonds is 5. The van der Waals surface area contributed by atoms with Gasteiger partial charge in [0.25, 0.3) is 0 Å². The van der Waals surface area contributed by atoms with Crippen LogP contribution in [0.1, 0.15) is 13.8 Å². The number of halogens is 2. The molecule has 1 aromatic carbocycles. The van der Waals surface area contributed by atoms with E-state index in [1.165, 1.54) is 12.1 Å². The Morgan fingerprint density at radius 3 is 2.60 bits per heavy atom. The molecule has 0 N–H and O–H groups in total. The molecule has 0 aliphatic rings. The number of hydrogen-bond donors (Lipinski definition) is 0. The van der Waals surface area contributed by atoms with Crippen molar-refractivity contribution in [3.63, 3.8) is 0 Å². The largest absolute Gasteiger partial charge is 0.424 e. The van der Waals surface area contributed by atoms with E-state index < -0.39 is 5.82 Å². The predicted molar refractivity (Wildman–Crippen MR) is 74.9 cm³/mol. The fourth-order valence-electron chi connectivity index (χ4n) is 1.65. The van der Waals surface area contributed by atoms with Gasteiger partial charge < -0.3 is 9.64 Å². The maximum atomic E-state index is 13.1. The first-order chi connectivity index (χ1) is 9.62. The van der Waals surface area contributed by atoms with Crippen molar-refractivity contribution in [2.75, 3.05) is 18.0 Å². The Morgan fingerprint density at radius 1 is 1.20 bits per heavy atom. The summed E-state index contributed by atoms with van der Waals surface area (Å²) in [6.45, 7) is 5.43. The summed E-state index contributed by atoms with van der Waals surface area (Å²) < 4.78 is 18.5. The van der Waals surface area contributed by atoms with E-state index in [-0.39, 0.29) is 11.3 Å². The molecule has 0 atom stereocenters. The van der Waals surface area contributed by atoms with Crippen LogP contribution in [0.5, 0.6) is 11.8 Å². The van der Waals surface area contributed by atoms with Gasteiger partial charge in [-0.2, -0.15) is 15.0 Å². The average molecular weight is 297 g/mol. The van der Waals surface area contributed by atoms with Crippen LogP contribution in [0.15, 0.2) is 24.3 Å². The van der Waals surface area contributed by atoms with Gasteiger partial charge in [-0.05, 0) is 37.6 Å². The lowest BCUT2D eigenvalue weighted by atomic mass is 10.3. The number of benzene rings is 1. The number of aromatic nitrogens is 3. The number of anilines is 1. The third kappa shape index (κ3) is 3.54. The van der Waals surface area contributed by atoms with Crippen molar-refractivity contribution in [3.05, 3.63) is 35.4 Å². The van der Waals surface area contributed by atoms with Gasteiger partial charge in [-0.25, -0.2) is 4.39 Å². The summed E-state index contributed by atoms with van der Waals surface area (Å²) in [5.41, 5.74) is 0. The van der Waals surface area contributed by atoms with Crippen molar-refractivity contribution in [2.24, 2.45) is 0 Å². The highest BCUT2D eigenvalue weighted by Crippen LogP contribution is 2.21. The van der Waals surface area contributed by atoms with Gasteiger partial charge in [-0.1, -0.05) is 6.07 Å². The first kappa shape index (κ1) is 14.5. The van der Waals surface area contributed by atoms with Crippen molar-refractivity contribution < 1.29 is 9.13 Å². The molecule has 0 bridgehead atoms. The van der Waals surface area contributed by atoms with E-state index in [1.807, 2.05) is 18.7 Å². The van der Waals surface area contributed by atoms with Crippen LogP contribution in [0.2, 0.25) is 5.28 Å². The highest BCUT2D eigenvalue weighted by molar-refractivity contribution is 6.28. The van der Waals surface area contributed by atoms with Crippen LogP contribution in [0, 0.1) is 5.82 Å². The Hall–Kier alpha value is -1.95. The molecule has 20 heavy (non-hydrogen) atoms. The fraction of sp³-hybridized carbons (Fsp3) is 0.308. The van der Waals surface area contributed by atoms with Crippen molar-refractivity contribution in [3.8, 4) is 11.8 Å². The maximum absolute atomic E-state index is 13.1. The maximum Gasteiger partial charge on any atom is 0.328 e. The van der Waals surface area contributed by atoms with E-state index >= 15 is 0 Å². The van der Waals surface area contributed by atoms with Crippen LogP contribution in [0.3, 0.4) is 0 Å². The molecule has 0 aliphatic heterocycles. The minimum Gasteiger partial charge on any atom is -0.424 e. The zero-order chi connectivity index (χ0) is 14.5. The number of nitrogens with zero attached hydrogens (tertiary/aromatic N) is 4. The van der Waals surface area contributed by atoms with Gasteiger partial charge in [0.2, 0.25) is 11.2 Å². The second kappa shape index (κ2) is 6.47. The molecule has 1 aromatic heterocycles. The van der Waals surface area contributed by atoms with E-state index in [4.69, 9.17) is 16.3 Å². The third-order valence-corrected chi connectivity index (χ3v) is 2.80. The molecule has 1 heterocycles. The topological polar surface area (TPSA) is 51.1 Å². The minimum atomic E-state index is -0.397. The van der Waals surface area contributed by atoms with E-state index in [9.17, 15) is 4.39 Å². The van der Waals surface area contributed by atoms with E-state index in [0.717, 1.165) is 13.1 Å². The fourth-order valence-corrected chi connectivity index (χ4v) is 1.80. The third-order valence-electron chi connectivity index (χ3n) is 2.63. The first-order valence-corrected chi connectivity index (χ1v) is 6.60. The standard InChI is InChI=1S/C13H14ClFN4O/c1-3-19(4-2)12-16-11(14)17-13(18-12)20-10-7-5-6-9(15)8-10/h5-8H,3-4H2,1-2H3. The average Bonchev–Trinajstić information content (AvgIpc) is 2.39. The summed E-state index contributed by atoms with van der Waals surface area (Å²) >= 11 is 5.86. The van der Waals surface area contributed by atoms with Crippen molar-refractivity contribution >= 4 is 17.5 Å². The van der Waals surface area contributed by atoms with Crippen LogP contribution >= 0.6 is 11.6 Å². The van der Waals surface area contributed by atoms with Gasteiger partial charge in [-0.15, -0.1) is 0 Å². The van der Waals surface area contributed by atoms with Gasteiger partial charge in [-0.3, -0.25) is 0 Å². The van der Waals surface area contributed by atoms with Crippen LogP contribution in [0.4, 0.5) is 10.3 Å². The Kier molecular flexibility index (Phi) is 4.68. The first-order valence-electron chi connectivity index (χ1n) is 6.22. The molecule has 0 radical (unpaired) electrons. The molecule has 5 nitrogen and oxygen atoms in total. The second-order valence-corrected chi connectivity index (χ2v) is 4.26. The molecule has 0 saturated carbocycles. The van der Waals surface area contributed by atoms with Crippen LogP contribution < -0.4 is 9.64 Å². The molecule has 0 amide bonds. The Morgan fingerprint density at radius 2 is 1.95 bits per heavy atom. The van der Waals surface area contributed by atoms with Crippen LogP contribution in [0.25, 0.3) is 0 Å². The highest BCUT2D eigenvalue weighted by Gasteiger charge is 2.11. The lowest BCUT2D eigenvalue weighted by Gasteiger charge is -2.18. The van der Waals surface area contributed by atoms with Gasteiger partial charge in [0.05, 0.1) is 0 Å². The van der Waals surface area contributed by atoms with Gasteiger partial charge in [0.15, 0.2) is 0 Å². The molecular formula is C13H14ClFN4O. The lowest BCUT2D eigenvalue weighted by molar-refractivity contribution is 0.435. The summed E-state index contributed by atoms with van der Waals surface area (Å²) in [7, 11) is 0. The summed E-state index contributed by atoms with van der Waals surface area (Å²) in [5, 5.41) is 0.0355. The van der Waals surface area contributed by atoms with E-state index in [0.29, 0.717) is 11.7 Å². The normalized spacial score (nSPS) is 10.4. The quantitative estimate of drug-likeness (QED) is 0.847. The van der Waals surface area contributed by atoms with Crippen molar-refractivity contribution in [1.29, 1.82) is 0 Å². The van der Waals surface area contributed by atoms with Crippen molar-refractivity contribution in [2.45, 2.75) is 13.8 Å². The van der Waals surface area contributed by atoms with E-state index in [1.54, 1.807) is 12.1 Å². The molecule has 0 unspecified atom stereocenters. The number of hydrogen-bond acceptors (Lipinski definition) is 5. The molecule has 0 spiro atoms. The zero-order valence-electron chi connectivity index (χ0n) is 11.2. The smallest absolute Gasteiger partial charge is 0.328 e. The van der Waals surface area contributed by atoms with Crippen LogP contribution in [-0.2, 0) is 0 Å². The Balaban J connectivity index is 2.28. The number of ether oxygens (including phenoxy) is 1. The molecule has 2 aromatic rings. The minimum absolute atomic E-state index is 0.0355. The molecule has 7 heteroatoms. The van der Waals surface area contributed by atoms with Crippen LogP contribution in [-0.4, -0.2) is 28.0 Å². The lowest BCUT2D eigenvalue weighted by Crippen LogP contribution is -2.24. The monoisotopic (exact) mass is 296 g/mol. The molecule has 0 fully saturated rings. The summed E-state index contributed by atoms with van der Waals surface area (Å²) in [6, 6.07) is 5.76.